The summed E-state index contributed by atoms with van der Waals surface area (Å²) >= 11 is 6.25. The molecule has 1 aliphatic heterocycles. The monoisotopic (exact) mass is 398 g/mol. The maximum absolute atomic E-state index is 14.8. The molecule has 1 aliphatic carbocycles. The van der Waals surface area contributed by atoms with Crippen LogP contribution in [0.25, 0.3) is 0 Å². The molecule has 146 valence electrons. The van der Waals surface area contributed by atoms with Gasteiger partial charge in [-0.2, -0.15) is 0 Å². The average molecular weight is 399 g/mol. The van der Waals surface area contributed by atoms with E-state index in [-0.39, 0.29) is 0 Å². The largest absolute Gasteiger partial charge is 0.307 e. The van der Waals surface area contributed by atoms with E-state index in [1.165, 1.54) is 32.1 Å². The Labute approximate surface area is 170 Å². The van der Waals surface area contributed by atoms with Gasteiger partial charge in [0.1, 0.15) is 0 Å². The minimum Gasteiger partial charge on any atom is -0.307 e. The first-order chi connectivity index (χ1) is 13.6. The molecule has 2 aromatic carbocycles. The van der Waals surface area contributed by atoms with Crippen LogP contribution in [0.4, 0.5) is 10.1 Å². The van der Waals surface area contributed by atoms with Gasteiger partial charge in [-0.25, -0.2) is 9.38 Å². The van der Waals surface area contributed by atoms with E-state index in [4.69, 9.17) is 11.6 Å². The number of hydrogen-bond donors (Lipinski definition) is 0. The zero-order chi connectivity index (χ0) is 19.5. The molecule has 2 aromatic rings. The fraction of sp³-hybridized carbons (Fsp3) is 0.391. The molecule has 2 aliphatic rings. The quantitative estimate of drug-likeness (QED) is 0.600. The van der Waals surface area contributed by atoms with E-state index < -0.39 is 12.2 Å². The zero-order valence-corrected chi connectivity index (χ0v) is 16.5. The maximum atomic E-state index is 14.8. The summed E-state index contributed by atoms with van der Waals surface area (Å²) in [6.45, 7) is 0.510. The van der Waals surface area contributed by atoms with Gasteiger partial charge in [-0.05, 0) is 30.5 Å². The van der Waals surface area contributed by atoms with Crippen LogP contribution in [0.3, 0.4) is 0 Å². The van der Waals surface area contributed by atoms with Gasteiger partial charge in [0.05, 0.1) is 11.4 Å². The predicted molar refractivity (Wildman–Crippen MR) is 112 cm³/mol. The van der Waals surface area contributed by atoms with E-state index in [2.05, 4.69) is 4.99 Å². The van der Waals surface area contributed by atoms with Gasteiger partial charge in [-0.1, -0.05) is 74.0 Å². The molecule has 0 aromatic heterocycles. The molecular formula is C23H24ClFN2O. The van der Waals surface area contributed by atoms with Crippen LogP contribution in [0.1, 0.15) is 49.7 Å². The van der Waals surface area contributed by atoms with Crippen LogP contribution in [0.2, 0.25) is 5.02 Å². The second kappa shape index (κ2) is 8.44. The minimum absolute atomic E-state index is 0.471. The predicted octanol–water partition coefficient (Wildman–Crippen LogP) is 5.79. The molecule has 28 heavy (non-hydrogen) atoms. The summed E-state index contributed by atoms with van der Waals surface area (Å²) in [5.41, 5.74) is 2.64. The summed E-state index contributed by atoms with van der Waals surface area (Å²) < 4.78 is 14.8. The molecule has 4 rings (SSSR count). The number of aliphatic imine (C=N–C) groups is 1. The van der Waals surface area contributed by atoms with E-state index in [0.717, 1.165) is 12.0 Å². The molecular weight excluding hydrogens is 375 g/mol. The molecule has 0 N–H and O–H groups in total. The number of benzene rings is 2. The molecule has 1 saturated carbocycles. The molecule has 0 spiro atoms. The molecule has 1 unspecified atom stereocenters. The number of fused-ring (bicyclic) bond motifs is 1. The summed E-state index contributed by atoms with van der Waals surface area (Å²) in [6.07, 6.45) is 5.16. The number of halogens is 2. The van der Waals surface area contributed by atoms with Gasteiger partial charge in [0, 0.05) is 22.7 Å². The van der Waals surface area contributed by atoms with Crippen LogP contribution < -0.4 is 4.90 Å². The summed E-state index contributed by atoms with van der Waals surface area (Å²) in [7, 11) is 0. The Bertz CT molecular complexity index is 877. The van der Waals surface area contributed by atoms with Crippen LogP contribution in [-0.2, 0) is 4.79 Å². The van der Waals surface area contributed by atoms with Crippen molar-refractivity contribution in [3.63, 3.8) is 0 Å². The Balaban J connectivity index is 1.71. The number of nitrogens with zero attached hydrogens (tertiary/aromatic N) is 2. The van der Waals surface area contributed by atoms with Gasteiger partial charge < -0.3 is 4.90 Å². The van der Waals surface area contributed by atoms with Crippen molar-refractivity contribution in [3.8, 4) is 0 Å². The van der Waals surface area contributed by atoms with Gasteiger partial charge in [-0.3, -0.25) is 4.79 Å². The average Bonchev–Trinajstić information content (AvgIpc) is 2.83. The van der Waals surface area contributed by atoms with Gasteiger partial charge in [0.2, 0.25) is 0 Å². The Morgan fingerprint density at radius 2 is 1.82 bits per heavy atom. The highest BCUT2D eigenvalue weighted by Crippen LogP contribution is 2.33. The highest BCUT2D eigenvalue weighted by Gasteiger charge is 2.32. The molecule has 0 saturated heterocycles. The lowest BCUT2D eigenvalue weighted by Gasteiger charge is -2.27. The summed E-state index contributed by atoms with van der Waals surface area (Å²) in [4.78, 5) is 18.6. The van der Waals surface area contributed by atoms with E-state index in [1.807, 2.05) is 36.4 Å². The van der Waals surface area contributed by atoms with Crippen molar-refractivity contribution >= 4 is 28.9 Å². The number of carbonyl (C=O) groups is 1. The molecule has 1 atom stereocenters. The third-order valence-electron chi connectivity index (χ3n) is 5.75. The van der Waals surface area contributed by atoms with Gasteiger partial charge in [-0.15, -0.1) is 0 Å². The van der Waals surface area contributed by atoms with Crippen LogP contribution in [0.15, 0.2) is 53.5 Å². The summed E-state index contributed by atoms with van der Waals surface area (Å²) in [6, 6.07) is 14.7. The molecule has 5 heteroatoms. The summed E-state index contributed by atoms with van der Waals surface area (Å²) in [5.74, 6) is 0.0124. The van der Waals surface area contributed by atoms with Crippen LogP contribution in [0, 0.1) is 5.92 Å². The first-order valence-electron chi connectivity index (χ1n) is 10.0. The standard InChI is InChI=1S/C23H24ClFN2O/c24-18-11-12-20-19(15-18)21(17-9-5-2-6-10-17)26-22(25)23(28)27(20)14-13-16-7-3-1-4-8-16/h2,5-6,9-12,15-16,22H,1,3-4,7-8,13-14H2. The van der Waals surface area contributed by atoms with E-state index >= 15 is 0 Å². The first-order valence-corrected chi connectivity index (χ1v) is 10.4. The van der Waals surface area contributed by atoms with E-state index in [1.54, 1.807) is 17.0 Å². The van der Waals surface area contributed by atoms with Crippen molar-refractivity contribution in [3.05, 3.63) is 64.7 Å². The smallest absolute Gasteiger partial charge is 0.284 e. The van der Waals surface area contributed by atoms with Crippen LogP contribution >= 0.6 is 11.6 Å². The van der Waals surface area contributed by atoms with Crippen molar-refractivity contribution < 1.29 is 9.18 Å². The second-order valence-corrected chi connectivity index (χ2v) is 8.06. The Morgan fingerprint density at radius 1 is 1.07 bits per heavy atom. The number of rotatable bonds is 4. The summed E-state index contributed by atoms with van der Waals surface area (Å²) in [5, 5.41) is 0.541. The number of benzodiazepines with no additional fused rings is 1. The Morgan fingerprint density at radius 3 is 2.57 bits per heavy atom. The van der Waals surface area contributed by atoms with Crippen molar-refractivity contribution in [2.75, 3.05) is 11.4 Å². The van der Waals surface area contributed by atoms with Crippen LogP contribution in [0.5, 0.6) is 0 Å². The minimum atomic E-state index is -1.91. The molecule has 0 radical (unpaired) electrons. The molecule has 1 amide bonds. The first kappa shape index (κ1) is 19.1. The second-order valence-electron chi connectivity index (χ2n) is 7.62. The van der Waals surface area contributed by atoms with Gasteiger partial charge >= 0.3 is 0 Å². The number of anilines is 1. The number of hydrogen-bond acceptors (Lipinski definition) is 2. The maximum Gasteiger partial charge on any atom is 0.284 e. The highest BCUT2D eigenvalue weighted by molar-refractivity contribution is 6.32. The topological polar surface area (TPSA) is 32.7 Å². The number of amides is 1. The lowest BCUT2D eigenvalue weighted by atomic mass is 9.87. The SMILES string of the molecule is O=C1C(F)N=C(c2ccccc2)c2cc(Cl)ccc2N1CCC1CCCCC1. The molecule has 1 fully saturated rings. The van der Waals surface area contributed by atoms with Crippen molar-refractivity contribution in [2.45, 2.75) is 44.8 Å². The van der Waals surface area contributed by atoms with Crippen molar-refractivity contribution in [1.82, 2.24) is 0 Å². The molecule has 3 nitrogen and oxygen atoms in total. The third kappa shape index (κ3) is 3.97. The van der Waals surface area contributed by atoms with Crippen LogP contribution in [-0.4, -0.2) is 24.5 Å². The zero-order valence-electron chi connectivity index (χ0n) is 15.8. The van der Waals surface area contributed by atoms with Gasteiger partial charge in [0.15, 0.2) is 0 Å². The number of alkyl halides is 1. The van der Waals surface area contributed by atoms with Crippen molar-refractivity contribution in [2.24, 2.45) is 10.9 Å². The Hall–Kier alpha value is -2.20. The number of carbonyl (C=O) groups excluding carboxylic acids is 1. The van der Waals surface area contributed by atoms with Crippen molar-refractivity contribution in [1.29, 1.82) is 0 Å². The van der Waals surface area contributed by atoms with E-state index in [0.29, 0.717) is 34.4 Å². The van der Waals surface area contributed by atoms with E-state index in [9.17, 15) is 9.18 Å². The fourth-order valence-corrected chi connectivity index (χ4v) is 4.44. The highest BCUT2D eigenvalue weighted by atomic mass is 35.5. The molecule has 0 bridgehead atoms. The lowest BCUT2D eigenvalue weighted by Crippen LogP contribution is -2.37. The third-order valence-corrected chi connectivity index (χ3v) is 5.98. The van der Waals surface area contributed by atoms with Gasteiger partial charge in [0.25, 0.3) is 12.2 Å². The fourth-order valence-electron chi connectivity index (χ4n) is 4.26. The lowest BCUT2D eigenvalue weighted by molar-refractivity contribution is -0.123. The molecule has 1 heterocycles. The normalized spacial score (nSPS) is 20.5. The Kier molecular flexibility index (Phi) is 5.77.